The molecule has 0 aromatic heterocycles. The molecule has 166 valence electrons. The molecular formula is C25H32N2O4. The third kappa shape index (κ3) is 5.78. The number of phenols is 1. The number of carbonyl (C=O) groups excluding carboxylic acids is 2. The van der Waals surface area contributed by atoms with Gasteiger partial charge in [-0.3, -0.25) is 4.79 Å². The Hall–Kier alpha value is -3.02. The minimum Gasteiger partial charge on any atom is -0.508 e. The smallest absolute Gasteiger partial charge is 0.410 e. The van der Waals surface area contributed by atoms with E-state index in [2.05, 4.69) is 5.32 Å². The third-order valence-corrected chi connectivity index (χ3v) is 5.55. The number of amides is 2. The molecule has 1 aliphatic heterocycles. The molecule has 2 aromatic carbocycles. The van der Waals surface area contributed by atoms with Gasteiger partial charge in [0.2, 0.25) is 5.91 Å². The number of carbonyl (C=O) groups is 2. The van der Waals surface area contributed by atoms with Gasteiger partial charge in [-0.1, -0.05) is 42.5 Å². The van der Waals surface area contributed by atoms with Gasteiger partial charge in [-0.05, 0) is 63.8 Å². The van der Waals surface area contributed by atoms with Crippen molar-refractivity contribution in [2.24, 2.45) is 0 Å². The molecule has 0 bridgehead atoms. The van der Waals surface area contributed by atoms with Crippen molar-refractivity contribution >= 4 is 12.0 Å². The van der Waals surface area contributed by atoms with Crippen molar-refractivity contribution in [1.82, 2.24) is 10.2 Å². The second kappa shape index (κ2) is 9.41. The first-order chi connectivity index (χ1) is 14.7. The van der Waals surface area contributed by atoms with E-state index in [0.717, 1.165) is 24.0 Å². The monoisotopic (exact) mass is 424 g/mol. The molecule has 2 N–H and O–H groups in total. The van der Waals surface area contributed by atoms with E-state index in [9.17, 15) is 14.7 Å². The van der Waals surface area contributed by atoms with Gasteiger partial charge >= 0.3 is 6.09 Å². The van der Waals surface area contributed by atoms with Gasteiger partial charge in [-0.15, -0.1) is 0 Å². The summed E-state index contributed by atoms with van der Waals surface area (Å²) in [5.74, 6) is -0.292. The summed E-state index contributed by atoms with van der Waals surface area (Å²) in [7, 11) is 0. The summed E-state index contributed by atoms with van der Waals surface area (Å²) in [4.78, 5) is 27.7. The average molecular weight is 425 g/mol. The lowest BCUT2D eigenvalue weighted by Gasteiger charge is -2.34. The lowest BCUT2D eigenvalue weighted by molar-refractivity contribution is -0.123. The van der Waals surface area contributed by atoms with E-state index in [4.69, 9.17) is 4.74 Å². The molecule has 1 saturated heterocycles. The van der Waals surface area contributed by atoms with Gasteiger partial charge in [0.15, 0.2) is 0 Å². The molecule has 1 heterocycles. The van der Waals surface area contributed by atoms with Crippen molar-refractivity contribution < 1.29 is 19.4 Å². The van der Waals surface area contributed by atoms with Gasteiger partial charge in [-0.2, -0.15) is 0 Å². The highest BCUT2D eigenvalue weighted by Crippen LogP contribution is 2.32. The lowest BCUT2D eigenvalue weighted by atomic mass is 9.94. The van der Waals surface area contributed by atoms with Crippen molar-refractivity contribution in [2.75, 3.05) is 6.54 Å². The number of rotatable bonds is 5. The van der Waals surface area contributed by atoms with Crippen LogP contribution in [0.5, 0.6) is 5.75 Å². The normalized spacial score (nSPS) is 18.3. The summed E-state index contributed by atoms with van der Waals surface area (Å²) in [6, 6.07) is 15.8. The Kier molecular flexibility index (Phi) is 6.88. The Morgan fingerprint density at radius 3 is 2.32 bits per heavy atom. The Bertz CT molecular complexity index is 890. The predicted octanol–water partition coefficient (Wildman–Crippen LogP) is 4.75. The molecule has 0 radical (unpaired) electrons. The second-order valence-electron chi connectivity index (χ2n) is 9.09. The third-order valence-electron chi connectivity index (χ3n) is 5.55. The van der Waals surface area contributed by atoms with Gasteiger partial charge < -0.3 is 20.1 Å². The largest absolute Gasteiger partial charge is 0.508 e. The number of hydrogen-bond acceptors (Lipinski definition) is 4. The molecule has 2 amide bonds. The number of nitrogens with one attached hydrogen (secondary N) is 1. The zero-order chi connectivity index (χ0) is 22.6. The summed E-state index contributed by atoms with van der Waals surface area (Å²) in [5, 5.41) is 12.9. The maximum absolute atomic E-state index is 13.2. The quantitative estimate of drug-likeness (QED) is 0.726. The van der Waals surface area contributed by atoms with Crippen LogP contribution in [-0.4, -0.2) is 40.2 Å². The van der Waals surface area contributed by atoms with Gasteiger partial charge in [-0.25, -0.2) is 4.79 Å². The molecule has 0 aliphatic carbocycles. The zero-order valence-corrected chi connectivity index (χ0v) is 18.7. The molecular weight excluding hydrogens is 392 g/mol. The molecule has 31 heavy (non-hydrogen) atoms. The Balaban J connectivity index is 1.87. The standard InChI is InChI=1S/C25H32N2O4/c1-17(18-9-6-5-7-10-18)23(29)26-22(19-12-14-20(28)15-13-19)21-11-8-16-27(21)24(30)31-25(2,3)4/h5-7,9-10,12-15,17,21-22,28H,8,11,16H2,1-4H3,(H,26,29). The molecule has 6 nitrogen and oxygen atoms in total. The molecule has 1 aliphatic rings. The van der Waals surface area contributed by atoms with Crippen LogP contribution in [0, 0.1) is 0 Å². The van der Waals surface area contributed by atoms with Crippen LogP contribution in [0.2, 0.25) is 0 Å². The van der Waals surface area contributed by atoms with Gasteiger partial charge in [0.05, 0.1) is 18.0 Å². The zero-order valence-electron chi connectivity index (χ0n) is 18.7. The van der Waals surface area contributed by atoms with Crippen molar-refractivity contribution in [3.63, 3.8) is 0 Å². The minimum atomic E-state index is -0.594. The second-order valence-corrected chi connectivity index (χ2v) is 9.09. The SMILES string of the molecule is CC(C(=O)NC(c1ccc(O)cc1)C1CCCN1C(=O)OC(C)(C)C)c1ccccc1. The van der Waals surface area contributed by atoms with Crippen molar-refractivity contribution in [3.05, 3.63) is 65.7 Å². The highest BCUT2D eigenvalue weighted by atomic mass is 16.6. The summed E-state index contributed by atoms with van der Waals surface area (Å²) in [6.07, 6.45) is 1.22. The van der Waals surface area contributed by atoms with Crippen molar-refractivity contribution in [2.45, 2.75) is 64.1 Å². The molecule has 6 heteroatoms. The molecule has 1 fully saturated rings. The summed E-state index contributed by atoms with van der Waals surface area (Å²) in [6.45, 7) is 7.99. The number of benzene rings is 2. The number of nitrogens with zero attached hydrogens (tertiary/aromatic N) is 1. The van der Waals surface area contributed by atoms with E-state index in [0.29, 0.717) is 6.54 Å². The maximum atomic E-state index is 13.2. The molecule has 2 aromatic rings. The first-order valence-electron chi connectivity index (χ1n) is 10.8. The summed E-state index contributed by atoms with van der Waals surface area (Å²) < 4.78 is 5.61. The van der Waals surface area contributed by atoms with Gasteiger partial charge in [0, 0.05) is 6.54 Å². The molecule has 3 rings (SSSR count). The fourth-order valence-electron chi connectivity index (χ4n) is 3.94. The lowest BCUT2D eigenvalue weighted by Crippen LogP contribution is -2.47. The minimum absolute atomic E-state index is 0.111. The van der Waals surface area contributed by atoms with Crippen LogP contribution in [0.1, 0.15) is 63.6 Å². The molecule has 3 unspecified atom stereocenters. The number of ether oxygens (including phenoxy) is 1. The van der Waals surface area contributed by atoms with Gasteiger partial charge in [0.1, 0.15) is 11.4 Å². The van der Waals surface area contributed by atoms with Crippen molar-refractivity contribution in [3.8, 4) is 5.75 Å². The summed E-state index contributed by atoms with van der Waals surface area (Å²) in [5.41, 5.74) is 1.18. The van der Waals surface area contributed by atoms with Crippen LogP contribution in [0.25, 0.3) is 0 Å². The van der Waals surface area contributed by atoms with E-state index in [-0.39, 0.29) is 29.7 Å². The number of phenolic OH excluding ortho intramolecular Hbond substituents is 1. The first-order valence-corrected chi connectivity index (χ1v) is 10.8. The van der Waals surface area contributed by atoms with Crippen LogP contribution < -0.4 is 5.32 Å². The van der Waals surface area contributed by atoms with Gasteiger partial charge in [0.25, 0.3) is 0 Å². The Morgan fingerprint density at radius 2 is 1.71 bits per heavy atom. The van der Waals surface area contributed by atoms with E-state index in [1.54, 1.807) is 29.2 Å². The van der Waals surface area contributed by atoms with E-state index >= 15 is 0 Å². The fraction of sp³-hybridized carbons (Fsp3) is 0.440. The predicted molar refractivity (Wildman–Crippen MR) is 120 cm³/mol. The maximum Gasteiger partial charge on any atom is 0.410 e. The van der Waals surface area contributed by atoms with Crippen LogP contribution in [0.3, 0.4) is 0 Å². The first kappa shape index (κ1) is 22.7. The Morgan fingerprint density at radius 1 is 1.06 bits per heavy atom. The van der Waals surface area contributed by atoms with Crippen LogP contribution >= 0.6 is 0 Å². The van der Waals surface area contributed by atoms with Crippen LogP contribution in [0.15, 0.2) is 54.6 Å². The van der Waals surface area contributed by atoms with E-state index < -0.39 is 11.6 Å². The topological polar surface area (TPSA) is 78.9 Å². The number of aromatic hydroxyl groups is 1. The number of hydrogen-bond donors (Lipinski definition) is 2. The van der Waals surface area contributed by atoms with Crippen molar-refractivity contribution in [1.29, 1.82) is 0 Å². The number of likely N-dealkylation sites (tertiary alicyclic amines) is 1. The van der Waals surface area contributed by atoms with Crippen LogP contribution in [0.4, 0.5) is 4.79 Å². The highest BCUT2D eigenvalue weighted by Gasteiger charge is 2.39. The molecule has 3 atom stereocenters. The molecule has 0 spiro atoms. The van der Waals surface area contributed by atoms with E-state index in [1.165, 1.54) is 0 Å². The fourth-order valence-corrected chi connectivity index (χ4v) is 3.94. The Labute approximate surface area is 184 Å². The van der Waals surface area contributed by atoms with Crippen LogP contribution in [-0.2, 0) is 9.53 Å². The summed E-state index contributed by atoms with van der Waals surface area (Å²) >= 11 is 0. The van der Waals surface area contributed by atoms with E-state index in [1.807, 2.05) is 58.0 Å². The highest BCUT2D eigenvalue weighted by molar-refractivity contribution is 5.83. The molecule has 0 saturated carbocycles. The average Bonchev–Trinajstić information content (AvgIpc) is 3.21.